The van der Waals surface area contributed by atoms with Crippen molar-refractivity contribution in [1.29, 1.82) is 0 Å². The Morgan fingerprint density at radius 1 is 1.35 bits per heavy atom. The summed E-state index contributed by atoms with van der Waals surface area (Å²) >= 11 is 0. The molecule has 0 aromatic heterocycles. The molecule has 2 unspecified atom stereocenters. The van der Waals surface area contributed by atoms with Gasteiger partial charge in [-0.25, -0.2) is 0 Å². The predicted molar refractivity (Wildman–Crippen MR) is 81.2 cm³/mol. The van der Waals surface area contributed by atoms with Crippen LogP contribution in [0, 0.1) is 5.92 Å². The van der Waals surface area contributed by atoms with Crippen LogP contribution >= 0.6 is 0 Å². The maximum Gasteiger partial charge on any atom is 0.122 e. The van der Waals surface area contributed by atoms with Crippen LogP contribution in [0.5, 0.6) is 5.75 Å². The van der Waals surface area contributed by atoms with E-state index in [9.17, 15) is 5.11 Å². The van der Waals surface area contributed by atoms with E-state index in [0.29, 0.717) is 5.92 Å². The normalized spacial score (nSPS) is 29.0. The first-order valence-corrected chi connectivity index (χ1v) is 8.18. The van der Waals surface area contributed by atoms with Crippen molar-refractivity contribution in [3.8, 4) is 5.75 Å². The highest BCUT2D eigenvalue weighted by molar-refractivity contribution is 5.39. The quantitative estimate of drug-likeness (QED) is 0.902. The van der Waals surface area contributed by atoms with Crippen molar-refractivity contribution in [3.63, 3.8) is 0 Å². The fourth-order valence-corrected chi connectivity index (χ4v) is 3.96. The molecular weight excluding hydrogens is 248 g/mol. The third-order valence-corrected chi connectivity index (χ3v) is 5.27. The van der Waals surface area contributed by atoms with E-state index < -0.39 is 5.60 Å². The van der Waals surface area contributed by atoms with Crippen molar-refractivity contribution < 1.29 is 9.84 Å². The van der Waals surface area contributed by atoms with Gasteiger partial charge in [0.1, 0.15) is 5.75 Å². The minimum absolute atomic E-state index is 0.428. The molecule has 2 heteroatoms. The Morgan fingerprint density at radius 2 is 2.25 bits per heavy atom. The molecule has 0 bridgehead atoms. The van der Waals surface area contributed by atoms with Gasteiger partial charge in [0.05, 0.1) is 12.2 Å². The lowest BCUT2D eigenvalue weighted by Crippen LogP contribution is -2.40. The fourth-order valence-electron chi connectivity index (χ4n) is 3.96. The van der Waals surface area contributed by atoms with Gasteiger partial charge in [0.25, 0.3) is 0 Å². The second-order valence-corrected chi connectivity index (χ2v) is 6.50. The molecule has 1 aromatic rings. The average molecular weight is 274 g/mol. The van der Waals surface area contributed by atoms with Crippen LogP contribution in [0.4, 0.5) is 0 Å². The third-order valence-electron chi connectivity index (χ3n) is 5.27. The highest BCUT2D eigenvalue weighted by atomic mass is 16.5. The number of rotatable bonds is 4. The summed E-state index contributed by atoms with van der Waals surface area (Å²) < 4.78 is 5.55. The number of aliphatic hydroxyl groups is 1. The first kappa shape index (κ1) is 13.9. The number of aryl methyl sites for hydroxylation is 1. The molecule has 2 atom stereocenters. The van der Waals surface area contributed by atoms with Gasteiger partial charge in [-0.15, -0.1) is 0 Å². The van der Waals surface area contributed by atoms with Crippen molar-refractivity contribution in [2.75, 3.05) is 6.61 Å². The Labute approximate surface area is 122 Å². The summed E-state index contributed by atoms with van der Waals surface area (Å²) in [6.45, 7) is 3.04. The van der Waals surface area contributed by atoms with Crippen molar-refractivity contribution in [2.45, 2.75) is 63.9 Å². The molecule has 0 saturated heterocycles. The summed E-state index contributed by atoms with van der Waals surface area (Å²) in [6.07, 6.45) is 8.69. The molecule has 1 fully saturated rings. The number of hydrogen-bond acceptors (Lipinski definition) is 2. The van der Waals surface area contributed by atoms with E-state index in [1.807, 2.05) is 0 Å². The summed E-state index contributed by atoms with van der Waals surface area (Å²) in [6, 6.07) is 6.53. The molecule has 2 aliphatic rings. The number of ether oxygens (including phenoxy) is 1. The molecule has 1 aromatic carbocycles. The molecule has 0 radical (unpaired) electrons. The Balaban J connectivity index is 1.66. The summed E-state index contributed by atoms with van der Waals surface area (Å²) in [5.41, 5.74) is 2.26. The van der Waals surface area contributed by atoms with E-state index in [4.69, 9.17) is 4.74 Å². The Bertz CT molecular complexity index is 468. The SMILES string of the molecule is CCC1CCCCC1(O)CCc1ccc2c(c1)CCO2. The van der Waals surface area contributed by atoms with Crippen molar-refractivity contribution >= 4 is 0 Å². The van der Waals surface area contributed by atoms with E-state index in [0.717, 1.165) is 44.5 Å². The van der Waals surface area contributed by atoms with E-state index >= 15 is 0 Å². The third kappa shape index (κ3) is 2.71. The van der Waals surface area contributed by atoms with Crippen LogP contribution in [0.1, 0.15) is 56.6 Å². The zero-order valence-electron chi connectivity index (χ0n) is 12.5. The molecule has 1 N–H and O–H groups in total. The van der Waals surface area contributed by atoms with Gasteiger partial charge in [-0.2, -0.15) is 0 Å². The lowest BCUT2D eigenvalue weighted by molar-refractivity contribution is -0.0559. The van der Waals surface area contributed by atoms with E-state index in [2.05, 4.69) is 25.1 Å². The van der Waals surface area contributed by atoms with Gasteiger partial charge >= 0.3 is 0 Å². The molecule has 20 heavy (non-hydrogen) atoms. The molecule has 1 aliphatic heterocycles. The smallest absolute Gasteiger partial charge is 0.122 e. The molecule has 0 amide bonds. The van der Waals surface area contributed by atoms with Gasteiger partial charge in [0.2, 0.25) is 0 Å². The largest absolute Gasteiger partial charge is 0.493 e. The lowest BCUT2D eigenvalue weighted by atomic mass is 9.71. The Hall–Kier alpha value is -1.02. The van der Waals surface area contributed by atoms with Crippen LogP contribution in [0.3, 0.4) is 0 Å². The minimum Gasteiger partial charge on any atom is -0.493 e. The topological polar surface area (TPSA) is 29.5 Å². The second-order valence-electron chi connectivity index (χ2n) is 6.50. The first-order chi connectivity index (χ1) is 9.71. The zero-order valence-corrected chi connectivity index (χ0v) is 12.5. The Morgan fingerprint density at radius 3 is 3.10 bits per heavy atom. The van der Waals surface area contributed by atoms with Gasteiger partial charge in [-0.05, 0) is 48.8 Å². The number of benzene rings is 1. The summed E-state index contributed by atoms with van der Waals surface area (Å²) in [7, 11) is 0. The van der Waals surface area contributed by atoms with Gasteiger partial charge in [0.15, 0.2) is 0 Å². The van der Waals surface area contributed by atoms with Gasteiger partial charge in [-0.3, -0.25) is 0 Å². The standard InChI is InChI=1S/C18H26O2/c1-2-16-5-3-4-10-18(16,19)11-8-14-6-7-17-15(13-14)9-12-20-17/h6-7,13,16,19H,2-5,8-12H2,1H3. The maximum atomic E-state index is 11.0. The average Bonchev–Trinajstić information content (AvgIpc) is 2.93. The molecule has 1 saturated carbocycles. The summed E-state index contributed by atoms with van der Waals surface area (Å²) in [5, 5.41) is 11.0. The number of hydrogen-bond donors (Lipinski definition) is 1. The lowest BCUT2D eigenvalue weighted by Gasteiger charge is -2.40. The summed E-state index contributed by atoms with van der Waals surface area (Å²) in [5.74, 6) is 1.55. The van der Waals surface area contributed by atoms with Crippen LogP contribution in [0.2, 0.25) is 0 Å². The minimum atomic E-state index is -0.428. The molecular formula is C18H26O2. The highest BCUT2D eigenvalue weighted by Gasteiger charge is 2.37. The highest BCUT2D eigenvalue weighted by Crippen LogP contribution is 2.39. The van der Waals surface area contributed by atoms with Gasteiger partial charge in [0, 0.05) is 6.42 Å². The molecule has 2 nitrogen and oxygen atoms in total. The van der Waals surface area contributed by atoms with E-state index in [1.54, 1.807) is 0 Å². The molecule has 110 valence electrons. The monoisotopic (exact) mass is 274 g/mol. The van der Waals surface area contributed by atoms with Crippen LogP contribution < -0.4 is 4.74 Å². The second kappa shape index (κ2) is 5.77. The summed E-state index contributed by atoms with van der Waals surface area (Å²) in [4.78, 5) is 0. The van der Waals surface area contributed by atoms with Gasteiger partial charge < -0.3 is 9.84 Å². The zero-order chi connectivity index (χ0) is 14.0. The molecule has 1 heterocycles. The van der Waals surface area contributed by atoms with E-state index in [1.165, 1.54) is 30.4 Å². The first-order valence-electron chi connectivity index (χ1n) is 8.18. The van der Waals surface area contributed by atoms with Crippen molar-refractivity contribution in [2.24, 2.45) is 5.92 Å². The molecule has 1 aliphatic carbocycles. The van der Waals surface area contributed by atoms with Crippen molar-refractivity contribution in [3.05, 3.63) is 29.3 Å². The fraction of sp³-hybridized carbons (Fsp3) is 0.667. The predicted octanol–water partition coefficient (Wildman–Crippen LogP) is 3.89. The van der Waals surface area contributed by atoms with Crippen molar-refractivity contribution in [1.82, 2.24) is 0 Å². The van der Waals surface area contributed by atoms with Crippen LogP contribution in [-0.2, 0) is 12.8 Å². The number of fused-ring (bicyclic) bond motifs is 1. The van der Waals surface area contributed by atoms with E-state index in [-0.39, 0.29) is 0 Å². The van der Waals surface area contributed by atoms with Crippen LogP contribution in [-0.4, -0.2) is 17.3 Å². The Kier molecular flexibility index (Phi) is 4.02. The molecule has 0 spiro atoms. The van der Waals surface area contributed by atoms with Crippen LogP contribution in [0.15, 0.2) is 18.2 Å². The molecule has 3 rings (SSSR count). The maximum absolute atomic E-state index is 11.0. The van der Waals surface area contributed by atoms with Gasteiger partial charge in [-0.1, -0.05) is 38.3 Å². The van der Waals surface area contributed by atoms with Crippen LogP contribution in [0.25, 0.3) is 0 Å².